The summed E-state index contributed by atoms with van der Waals surface area (Å²) in [5.74, 6) is 1.35. The molecule has 152 valence electrons. The number of amides is 1. The van der Waals surface area contributed by atoms with Gasteiger partial charge in [0.25, 0.3) is 0 Å². The van der Waals surface area contributed by atoms with Crippen LogP contribution in [0.1, 0.15) is 31.4 Å². The first-order chi connectivity index (χ1) is 13.5. The molecule has 0 spiro atoms. The molecule has 0 heterocycles. The highest BCUT2D eigenvalue weighted by Gasteiger charge is 2.17. The molecular formula is C23H31NO4. The van der Waals surface area contributed by atoms with E-state index in [1.165, 1.54) is 5.56 Å². The normalized spacial score (nSPS) is 11.9. The van der Waals surface area contributed by atoms with Crippen LogP contribution in [0, 0.1) is 0 Å². The van der Waals surface area contributed by atoms with Crippen LogP contribution < -0.4 is 14.8 Å². The largest absolute Gasteiger partial charge is 0.493 e. The summed E-state index contributed by atoms with van der Waals surface area (Å²) in [6, 6.07) is 16.0. The third-order valence-corrected chi connectivity index (χ3v) is 4.42. The Morgan fingerprint density at radius 3 is 2.36 bits per heavy atom. The molecule has 5 nitrogen and oxygen atoms in total. The second-order valence-corrected chi connectivity index (χ2v) is 6.94. The van der Waals surface area contributed by atoms with Crippen molar-refractivity contribution in [2.75, 3.05) is 20.8 Å². The smallest absolute Gasteiger partial charge is 0.249 e. The van der Waals surface area contributed by atoms with Gasteiger partial charge in [0.2, 0.25) is 5.91 Å². The van der Waals surface area contributed by atoms with Gasteiger partial charge in [-0.05, 0) is 56.4 Å². The van der Waals surface area contributed by atoms with Gasteiger partial charge in [-0.1, -0.05) is 36.4 Å². The lowest BCUT2D eigenvalue weighted by molar-refractivity contribution is -0.131. The average Bonchev–Trinajstić information content (AvgIpc) is 2.70. The Kier molecular flexibility index (Phi) is 8.82. The fraction of sp³-hybridized carbons (Fsp3) is 0.435. The second-order valence-electron chi connectivity index (χ2n) is 6.94. The van der Waals surface area contributed by atoms with Gasteiger partial charge < -0.3 is 19.5 Å². The average molecular weight is 386 g/mol. The third kappa shape index (κ3) is 6.89. The first-order valence-electron chi connectivity index (χ1n) is 9.71. The number of ether oxygens (including phenoxy) is 3. The van der Waals surface area contributed by atoms with Crippen LogP contribution in [-0.4, -0.2) is 38.9 Å². The van der Waals surface area contributed by atoms with Crippen molar-refractivity contribution in [1.82, 2.24) is 5.32 Å². The summed E-state index contributed by atoms with van der Waals surface area (Å²) in [5.41, 5.74) is 2.28. The van der Waals surface area contributed by atoms with Gasteiger partial charge in [0.1, 0.15) is 6.10 Å². The van der Waals surface area contributed by atoms with Crippen LogP contribution >= 0.6 is 0 Å². The first-order valence-corrected chi connectivity index (χ1v) is 9.71. The number of hydrogen-bond acceptors (Lipinski definition) is 4. The monoisotopic (exact) mass is 385 g/mol. The van der Waals surface area contributed by atoms with E-state index in [1.807, 2.05) is 50.2 Å². The molecule has 2 rings (SSSR count). The Balaban J connectivity index is 1.83. The maximum atomic E-state index is 12.4. The van der Waals surface area contributed by atoms with E-state index in [4.69, 9.17) is 14.2 Å². The van der Waals surface area contributed by atoms with E-state index in [-0.39, 0.29) is 12.0 Å². The number of methoxy groups -OCH3 is 2. The van der Waals surface area contributed by atoms with E-state index in [2.05, 4.69) is 17.4 Å². The zero-order chi connectivity index (χ0) is 20.4. The number of aryl methyl sites for hydroxylation is 1. The molecule has 0 aliphatic carbocycles. The van der Waals surface area contributed by atoms with E-state index in [9.17, 15) is 4.79 Å². The van der Waals surface area contributed by atoms with Crippen molar-refractivity contribution in [2.24, 2.45) is 0 Å². The van der Waals surface area contributed by atoms with Gasteiger partial charge in [-0.15, -0.1) is 0 Å². The number of hydrogen-bond donors (Lipinski definition) is 1. The molecule has 0 radical (unpaired) electrons. The summed E-state index contributed by atoms with van der Waals surface area (Å²) in [5, 5.41) is 2.97. The number of carbonyl (C=O) groups is 1. The molecule has 1 N–H and O–H groups in total. The number of nitrogens with one attached hydrogen (secondary N) is 1. The van der Waals surface area contributed by atoms with Crippen molar-refractivity contribution in [3.8, 4) is 11.5 Å². The molecule has 1 unspecified atom stereocenters. The Hall–Kier alpha value is -2.53. The van der Waals surface area contributed by atoms with Crippen LogP contribution in [0.25, 0.3) is 0 Å². The molecule has 0 saturated carbocycles. The van der Waals surface area contributed by atoms with E-state index < -0.39 is 6.10 Å². The van der Waals surface area contributed by atoms with Crippen LogP contribution in [0.2, 0.25) is 0 Å². The Labute approximate surface area is 168 Å². The van der Waals surface area contributed by atoms with E-state index in [1.54, 1.807) is 14.2 Å². The highest BCUT2D eigenvalue weighted by molar-refractivity contribution is 5.80. The molecule has 5 heteroatoms. The maximum absolute atomic E-state index is 12.4. The molecule has 2 aromatic rings. The van der Waals surface area contributed by atoms with E-state index in [0.717, 1.165) is 17.7 Å². The standard InChI is InChI=1S/C23H31NO4/c1-17(2)28-20-12-11-19(16-22(20)27-4)14-15-24-23(25)21(26-3)13-10-18-8-6-5-7-9-18/h5-9,11-12,16-17,21H,10,13-15H2,1-4H3,(H,24,25). The molecular weight excluding hydrogens is 354 g/mol. The van der Waals surface area contributed by atoms with E-state index >= 15 is 0 Å². The van der Waals surface area contributed by atoms with Crippen molar-refractivity contribution in [3.63, 3.8) is 0 Å². The summed E-state index contributed by atoms with van der Waals surface area (Å²) in [6.45, 7) is 4.50. The summed E-state index contributed by atoms with van der Waals surface area (Å²) in [7, 11) is 3.21. The second kappa shape index (κ2) is 11.3. The zero-order valence-corrected chi connectivity index (χ0v) is 17.2. The third-order valence-electron chi connectivity index (χ3n) is 4.42. The summed E-state index contributed by atoms with van der Waals surface area (Å²) in [6.07, 6.45) is 1.81. The van der Waals surface area contributed by atoms with Crippen molar-refractivity contribution in [2.45, 2.75) is 45.3 Å². The van der Waals surface area contributed by atoms with Crippen LogP contribution in [0.3, 0.4) is 0 Å². The minimum atomic E-state index is -0.448. The van der Waals surface area contributed by atoms with Crippen LogP contribution in [0.4, 0.5) is 0 Å². The lowest BCUT2D eigenvalue weighted by Crippen LogP contribution is -2.37. The van der Waals surface area contributed by atoms with Gasteiger partial charge in [0.15, 0.2) is 11.5 Å². The highest BCUT2D eigenvalue weighted by Crippen LogP contribution is 2.29. The van der Waals surface area contributed by atoms with Crippen LogP contribution in [-0.2, 0) is 22.4 Å². The van der Waals surface area contributed by atoms with Crippen LogP contribution in [0.5, 0.6) is 11.5 Å². The van der Waals surface area contributed by atoms with Gasteiger partial charge in [0, 0.05) is 13.7 Å². The molecule has 0 aliphatic heterocycles. The topological polar surface area (TPSA) is 56.8 Å². The predicted molar refractivity (Wildman–Crippen MR) is 111 cm³/mol. The van der Waals surface area contributed by atoms with E-state index in [0.29, 0.717) is 25.1 Å². The predicted octanol–water partition coefficient (Wildman–Crippen LogP) is 3.79. The Bertz CT molecular complexity index is 731. The Morgan fingerprint density at radius 1 is 0.964 bits per heavy atom. The summed E-state index contributed by atoms with van der Waals surface area (Å²) >= 11 is 0. The molecule has 0 aliphatic rings. The molecule has 1 amide bonds. The van der Waals surface area contributed by atoms with Crippen LogP contribution in [0.15, 0.2) is 48.5 Å². The molecule has 0 saturated heterocycles. The van der Waals surface area contributed by atoms with Crippen molar-refractivity contribution >= 4 is 5.91 Å². The SMILES string of the molecule is COc1cc(CCNC(=O)C(CCc2ccccc2)OC)ccc1OC(C)C. The first kappa shape index (κ1) is 21.8. The van der Waals surface area contributed by atoms with Gasteiger partial charge >= 0.3 is 0 Å². The fourth-order valence-corrected chi connectivity index (χ4v) is 2.96. The lowest BCUT2D eigenvalue weighted by atomic mass is 10.1. The fourth-order valence-electron chi connectivity index (χ4n) is 2.96. The maximum Gasteiger partial charge on any atom is 0.249 e. The van der Waals surface area contributed by atoms with Crippen molar-refractivity contribution < 1.29 is 19.0 Å². The molecule has 1 atom stereocenters. The summed E-state index contributed by atoms with van der Waals surface area (Å²) < 4.78 is 16.5. The molecule has 0 fully saturated rings. The minimum Gasteiger partial charge on any atom is -0.493 e. The Morgan fingerprint density at radius 2 is 1.71 bits per heavy atom. The van der Waals surface area contributed by atoms with Gasteiger partial charge in [-0.25, -0.2) is 0 Å². The molecule has 0 bridgehead atoms. The lowest BCUT2D eigenvalue weighted by Gasteiger charge is -2.16. The number of benzene rings is 2. The quantitative estimate of drug-likeness (QED) is 0.639. The molecule has 2 aromatic carbocycles. The van der Waals surface area contributed by atoms with Gasteiger partial charge in [-0.3, -0.25) is 4.79 Å². The van der Waals surface area contributed by atoms with Crippen molar-refractivity contribution in [3.05, 3.63) is 59.7 Å². The van der Waals surface area contributed by atoms with Gasteiger partial charge in [0.05, 0.1) is 13.2 Å². The zero-order valence-electron chi connectivity index (χ0n) is 17.2. The molecule has 28 heavy (non-hydrogen) atoms. The van der Waals surface area contributed by atoms with Crippen molar-refractivity contribution in [1.29, 1.82) is 0 Å². The van der Waals surface area contributed by atoms with Gasteiger partial charge in [-0.2, -0.15) is 0 Å². The minimum absolute atomic E-state index is 0.0786. The summed E-state index contributed by atoms with van der Waals surface area (Å²) in [4.78, 5) is 12.4. The highest BCUT2D eigenvalue weighted by atomic mass is 16.5. The number of rotatable bonds is 11. The molecule has 0 aromatic heterocycles. The number of carbonyl (C=O) groups excluding carboxylic acids is 1.